The standard InChI is InChI=1S/C29H32O2/c1-6-31-27(30)23-14-12-21(20-10-8-7-9-11-20)18-24(23)22-13-15-25-26(19-22)29(4,5)17-16-28(25,2)3/h7-15,18-19H,6,16-17H2,1-5H3. The van der Waals surface area contributed by atoms with Crippen LogP contribution in [0.5, 0.6) is 0 Å². The molecule has 3 aromatic carbocycles. The van der Waals surface area contributed by atoms with Crippen molar-refractivity contribution in [2.45, 2.75) is 58.3 Å². The number of fused-ring (bicyclic) bond motifs is 1. The lowest BCUT2D eigenvalue weighted by Crippen LogP contribution is -2.33. The molecule has 0 spiro atoms. The first-order valence-corrected chi connectivity index (χ1v) is 11.2. The maximum absolute atomic E-state index is 12.8. The molecule has 2 heteroatoms. The van der Waals surface area contributed by atoms with Crippen LogP contribution in [0.4, 0.5) is 0 Å². The van der Waals surface area contributed by atoms with Crippen molar-refractivity contribution in [3.63, 3.8) is 0 Å². The molecule has 0 radical (unpaired) electrons. The highest BCUT2D eigenvalue weighted by atomic mass is 16.5. The molecule has 0 saturated carbocycles. The Balaban J connectivity index is 1.91. The van der Waals surface area contributed by atoms with E-state index in [1.165, 1.54) is 17.5 Å². The maximum atomic E-state index is 12.8. The Bertz CT molecular complexity index is 1110. The smallest absolute Gasteiger partial charge is 0.338 e. The van der Waals surface area contributed by atoms with Gasteiger partial charge in [-0.15, -0.1) is 0 Å². The van der Waals surface area contributed by atoms with E-state index in [0.717, 1.165) is 28.7 Å². The Morgan fingerprint density at radius 2 is 1.42 bits per heavy atom. The molecule has 0 unspecified atom stereocenters. The number of rotatable bonds is 4. The van der Waals surface area contributed by atoms with Crippen LogP contribution >= 0.6 is 0 Å². The molecule has 0 N–H and O–H groups in total. The minimum atomic E-state index is -0.269. The number of carbonyl (C=O) groups is 1. The molecular weight excluding hydrogens is 380 g/mol. The fourth-order valence-electron chi connectivity index (χ4n) is 4.74. The first kappa shape index (κ1) is 21.4. The Morgan fingerprint density at radius 3 is 2.10 bits per heavy atom. The van der Waals surface area contributed by atoms with Crippen molar-refractivity contribution in [1.82, 2.24) is 0 Å². The molecule has 0 heterocycles. The molecule has 3 aromatic rings. The van der Waals surface area contributed by atoms with Crippen LogP contribution in [0.2, 0.25) is 0 Å². The van der Waals surface area contributed by atoms with Crippen LogP contribution in [0.15, 0.2) is 66.7 Å². The van der Waals surface area contributed by atoms with Crippen LogP contribution in [-0.4, -0.2) is 12.6 Å². The van der Waals surface area contributed by atoms with E-state index in [1.807, 2.05) is 37.3 Å². The molecule has 160 valence electrons. The molecule has 4 rings (SSSR count). The summed E-state index contributed by atoms with van der Waals surface area (Å²) in [6.45, 7) is 11.5. The second kappa shape index (κ2) is 8.00. The number of ether oxygens (including phenoxy) is 1. The largest absolute Gasteiger partial charge is 0.462 e. The molecule has 0 aliphatic heterocycles. The van der Waals surface area contributed by atoms with Crippen molar-refractivity contribution in [3.8, 4) is 22.3 Å². The average molecular weight is 413 g/mol. The average Bonchev–Trinajstić information content (AvgIpc) is 2.77. The van der Waals surface area contributed by atoms with Gasteiger partial charge in [-0.1, -0.05) is 82.3 Å². The van der Waals surface area contributed by atoms with Crippen LogP contribution in [0.3, 0.4) is 0 Å². The topological polar surface area (TPSA) is 26.3 Å². The SMILES string of the molecule is CCOC(=O)c1ccc(-c2ccccc2)cc1-c1ccc2c(c1)C(C)(C)CCC2(C)C. The lowest BCUT2D eigenvalue weighted by molar-refractivity contribution is 0.0527. The highest BCUT2D eigenvalue weighted by Gasteiger charge is 2.37. The van der Waals surface area contributed by atoms with Gasteiger partial charge in [0.1, 0.15) is 0 Å². The van der Waals surface area contributed by atoms with E-state index >= 15 is 0 Å². The van der Waals surface area contributed by atoms with E-state index in [-0.39, 0.29) is 16.8 Å². The van der Waals surface area contributed by atoms with Gasteiger partial charge in [0.15, 0.2) is 0 Å². The van der Waals surface area contributed by atoms with Gasteiger partial charge in [-0.25, -0.2) is 4.79 Å². The number of benzene rings is 3. The van der Waals surface area contributed by atoms with Gasteiger partial charge < -0.3 is 4.74 Å². The summed E-state index contributed by atoms with van der Waals surface area (Å²) >= 11 is 0. The fraction of sp³-hybridized carbons (Fsp3) is 0.345. The molecule has 31 heavy (non-hydrogen) atoms. The fourth-order valence-corrected chi connectivity index (χ4v) is 4.74. The number of esters is 1. The monoisotopic (exact) mass is 412 g/mol. The third-order valence-electron chi connectivity index (χ3n) is 6.79. The van der Waals surface area contributed by atoms with Crippen LogP contribution in [0, 0.1) is 0 Å². The predicted octanol–water partition coefficient (Wildman–Crippen LogP) is 7.55. The molecule has 0 bridgehead atoms. The first-order valence-electron chi connectivity index (χ1n) is 11.2. The van der Waals surface area contributed by atoms with E-state index in [0.29, 0.717) is 12.2 Å². The van der Waals surface area contributed by atoms with Gasteiger partial charge in [0.05, 0.1) is 12.2 Å². The zero-order chi connectivity index (χ0) is 22.2. The van der Waals surface area contributed by atoms with Gasteiger partial charge in [0.2, 0.25) is 0 Å². The van der Waals surface area contributed by atoms with Crippen LogP contribution < -0.4 is 0 Å². The van der Waals surface area contributed by atoms with E-state index in [2.05, 4.69) is 64.1 Å². The zero-order valence-corrected chi connectivity index (χ0v) is 19.3. The van der Waals surface area contributed by atoms with Crippen molar-refractivity contribution < 1.29 is 9.53 Å². The Hall–Kier alpha value is -2.87. The molecule has 1 aliphatic rings. The van der Waals surface area contributed by atoms with E-state index in [4.69, 9.17) is 4.74 Å². The lowest BCUT2D eigenvalue weighted by Gasteiger charge is -2.42. The van der Waals surface area contributed by atoms with Gasteiger partial charge in [-0.05, 0) is 76.1 Å². The molecular formula is C29H32O2. The van der Waals surface area contributed by atoms with Crippen molar-refractivity contribution in [1.29, 1.82) is 0 Å². The summed E-state index contributed by atoms with van der Waals surface area (Å²) in [4.78, 5) is 12.8. The summed E-state index contributed by atoms with van der Waals surface area (Å²) in [5.74, 6) is -0.269. The highest BCUT2D eigenvalue weighted by molar-refractivity contribution is 5.98. The third-order valence-corrected chi connectivity index (χ3v) is 6.79. The maximum Gasteiger partial charge on any atom is 0.338 e. The van der Waals surface area contributed by atoms with Crippen molar-refractivity contribution >= 4 is 5.97 Å². The summed E-state index contributed by atoms with van der Waals surface area (Å²) < 4.78 is 5.38. The molecule has 0 saturated heterocycles. The van der Waals surface area contributed by atoms with Gasteiger partial charge in [0.25, 0.3) is 0 Å². The third kappa shape index (κ3) is 4.04. The van der Waals surface area contributed by atoms with Gasteiger partial charge in [0, 0.05) is 0 Å². The zero-order valence-electron chi connectivity index (χ0n) is 19.3. The number of hydrogen-bond donors (Lipinski definition) is 0. The van der Waals surface area contributed by atoms with E-state index in [9.17, 15) is 4.79 Å². The predicted molar refractivity (Wildman–Crippen MR) is 129 cm³/mol. The number of hydrogen-bond acceptors (Lipinski definition) is 2. The quantitative estimate of drug-likeness (QED) is 0.414. The summed E-state index contributed by atoms with van der Waals surface area (Å²) in [6.07, 6.45) is 2.34. The van der Waals surface area contributed by atoms with Gasteiger partial charge >= 0.3 is 5.97 Å². The second-order valence-corrected chi connectivity index (χ2v) is 9.87. The number of carbonyl (C=O) groups excluding carboxylic acids is 1. The van der Waals surface area contributed by atoms with Gasteiger partial charge in [-0.3, -0.25) is 0 Å². The molecule has 0 fully saturated rings. The molecule has 0 amide bonds. The molecule has 0 aromatic heterocycles. The lowest BCUT2D eigenvalue weighted by atomic mass is 9.63. The Labute approximate surface area is 186 Å². The van der Waals surface area contributed by atoms with E-state index in [1.54, 1.807) is 0 Å². The van der Waals surface area contributed by atoms with Crippen molar-refractivity contribution in [3.05, 3.63) is 83.4 Å². The van der Waals surface area contributed by atoms with E-state index < -0.39 is 0 Å². The molecule has 2 nitrogen and oxygen atoms in total. The van der Waals surface area contributed by atoms with Crippen LogP contribution in [-0.2, 0) is 15.6 Å². The normalized spacial score (nSPS) is 16.4. The van der Waals surface area contributed by atoms with Crippen molar-refractivity contribution in [2.24, 2.45) is 0 Å². The summed E-state index contributed by atoms with van der Waals surface area (Å²) in [5, 5.41) is 0. The molecule has 0 atom stereocenters. The Kier molecular flexibility index (Phi) is 5.51. The van der Waals surface area contributed by atoms with Crippen LogP contribution in [0.25, 0.3) is 22.3 Å². The molecule has 1 aliphatic carbocycles. The highest BCUT2D eigenvalue weighted by Crippen LogP contribution is 2.47. The Morgan fingerprint density at radius 1 is 0.774 bits per heavy atom. The van der Waals surface area contributed by atoms with Crippen molar-refractivity contribution in [2.75, 3.05) is 6.61 Å². The summed E-state index contributed by atoms with van der Waals surface area (Å²) in [7, 11) is 0. The first-order chi connectivity index (χ1) is 14.7. The minimum Gasteiger partial charge on any atom is -0.462 e. The van der Waals surface area contributed by atoms with Crippen LogP contribution in [0.1, 0.15) is 68.9 Å². The summed E-state index contributed by atoms with van der Waals surface area (Å²) in [6, 6.07) is 23.1. The van der Waals surface area contributed by atoms with Gasteiger partial charge in [-0.2, -0.15) is 0 Å². The second-order valence-electron chi connectivity index (χ2n) is 9.87. The minimum absolute atomic E-state index is 0.113. The summed E-state index contributed by atoms with van der Waals surface area (Å²) in [5.41, 5.74) is 7.95.